The van der Waals surface area contributed by atoms with Gasteiger partial charge in [-0.25, -0.2) is 4.79 Å². The quantitative estimate of drug-likeness (QED) is 0.878. The Balaban J connectivity index is 1.45. The first-order valence-corrected chi connectivity index (χ1v) is 7.63. The highest BCUT2D eigenvalue weighted by atomic mass is 16.5. The molecule has 6 heteroatoms. The first-order valence-electron chi connectivity index (χ1n) is 7.63. The zero-order valence-electron chi connectivity index (χ0n) is 12.4. The lowest BCUT2D eigenvalue weighted by Crippen LogP contribution is -2.39. The molecule has 0 aliphatic carbocycles. The van der Waals surface area contributed by atoms with Gasteiger partial charge in [0, 0.05) is 26.1 Å². The third-order valence-electron chi connectivity index (χ3n) is 4.27. The lowest BCUT2D eigenvalue weighted by Gasteiger charge is -2.16. The van der Waals surface area contributed by atoms with Crippen LogP contribution in [0.1, 0.15) is 17.5 Å². The van der Waals surface area contributed by atoms with Crippen molar-refractivity contribution in [2.45, 2.75) is 19.3 Å². The average molecular weight is 304 g/mol. The molecule has 1 atom stereocenters. The molecule has 2 amide bonds. The van der Waals surface area contributed by atoms with Gasteiger partial charge in [0.25, 0.3) is 0 Å². The standard InChI is InChI=1S/C16H20N2O4/c19-15(20)13-4-7-18(10-13)16(21)17-6-3-11-1-2-14-12(9-11)5-8-22-14/h1-2,9,13H,3-8,10H2,(H,17,21)(H,19,20). The summed E-state index contributed by atoms with van der Waals surface area (Å²) < 4.78 is 5.47. The van der Waals surface area contributed by atoms with Gasteiger partial charge in [0.2, 0.25) is 0 Å². The summed E-state index contributed by atoms with van der Waals surface area (Å²) in [5.74, 6) is -0.289. The molecule has 22 heavy (non-hydrogen) atoms. The molecular formula is C16H20N2O4. The lowest BCUT2D eigenvalue weighted by molar-refractivity contribution is -0.141. The first kappa shape index (κ1) is 14.7. The molecule has 6 nitrogen and oxygen atoms in total. The number of urea groups is 1. The van der Waals surface area contributed by atoms with Crippen molar-refractivity contribution in [3.8, 4) is 5.75 Å². The Bertz CT molecular complexity index is 588. The number of carbonyl (C=O) groups is 2. The minimum Gasteiger partial charge on any atom is -0.493 e. The highest BCUT2D eigenvalue weighted by Crippen LogP contribution is 2.25. The van der Waals surface area contributed by atoms with E-state index in [0.717, 1.165) is 25.2 Å². The monoisotopic (exact) mass is 304 g/mol. The number of ether oxygens (including phenoxy) is 1. The number of likely N-dealkylation sites (tertiary alicyclic amines) is 1. The number of nitrogens with zero attached hydrogens (tertiary/aromatic N) is 1. The van der Waals surface area contributed by atoms with Crippen molar-refractivity contribution in [2.75, 3.05) is 26.2 Å². The van der Waals surface area contributed by atoms with Crippen LogP contribution < -0.4 is 10.1 Å². The third kappa shape index (κ3) is 3.16. The fourth-order valence-electron chi connectivity index (χ4n) is 2.97. The van der Waals surface area contributed by atoms with Crippen molar-refractivity contribution in [1.82, 2.24) is 10.2 Å². The van der Waals surface area contributed by atoms with Crippen LogP contribution in [0.5, 0.6) is 5.75 Å². The zero-order valence-corrected chi connectivity index (χ0v) is 12.4. The highest BCUT2D eigenvalue weighted by molar-refractivity contribution is 5.77. The van der Waals surface area contributed by atoms with Crippen molar-refractivity contribution in [2.24, 2.45) is 5.92 Å². The summed E-state index contributed by atoms with van der Waals surface area (Å²) in [6.45, 7) is 2.11. The molecule has 2 heterocycles. The number of nitrogens with one attached hydrogen (secondary N) is 1. The first-order chi connectivity index (χ1) is 10.6. The number of aliphatic carboxylic acids is 1. The Morgan fingerprint density at radius 3 is 3.05 bits per heavy atom. The second kappa shape index (κ2) is 6.25. The van der Waals surface area contributed by atoms with E-state index in [4.69, 9.17) is 9.84 Å². The van der Waals surface area contributed by atoms with Gasteiger partial charge >= 0.3 is 12.0 Å². The summed E-state index contributed by atoms with van der Waals surface area (Å²) in [7, 11) is 0. The topological polar surface area (TPSA) is 78.9 Å². The minimum atomic E-state index is -0.823. The number of hydrogen-bond donors (Lipinski definition) is 2. The molecule has 0 bridgehead atoms. The van der Waals surface area contributed by atoms with Crippen LogP contribution in [-0.2, 0) is 17.6 Å². The van der Waals surface area contributed by atoms with E-state index in [1.165, 1.54) is 11.1 Å². The van der Waals surface area contributed by atoms with Crippen LogP contribution in [0, 0.1) is 5.92 Å². The Morgan fingerprint density at radius 2 is 2.27 bits per heavy atom. The molecule has 1 aromatic carbocycles. The van der Waals surface area contributed by atoms with E-state index in [-0.39, 0.29) is 6.03 Å². The lowest BCUT2D eigenvalue weighted by atomic mass is 10.1. The van der Waals surface area contributed by atoms with Gasteiger partial charge < -0.3 is 20.1 Å². The van der Waals surface area contributed by atoms with Crippen LogP contribution in [0.25, 0.3) is 0 Å². The van der Waals surface area contributed by atoms with E-state index in [1.54, 1.807) is 4.90 Å². The number of rotatable bonds is 4. The van der Waals surface area contributed by atoms with E-state index in [2.05, 4.69) is 11.4 Å². The Kier molecular flexibility index (Phi) is 4.18. The number of carbonyl (C=O) groups excluding carboxylic acids is 1. The fraction of sp³-hybridized carbons (Fsp3) is 0.500. The second-order valence-corrected chi connectivity index (χ2v) is 5.79. The number of fused-ring (bicyclic) bond motifs is 1. The molecule has 3 rings (SSSR count). The van der Waals surface area contributed by atoms with Crippen LogP contribution in [0.4, 0.5) is 4.79 Å². The molecule has 1 saturated heterocycles. The van der Waals surface area contributed by atoms with Gasteiger partial charge in [-0.3, -0.25) is 4.79 Å². The van der Waals surface area contributed by atoms with Gasteiger partial charge in [-0.2, -0.15) is 0 Å². The van der Waals surface area contributed by atoms with Crippen LogP contribution in [-0.4, -0.2) is 48.2 Å². The maximum absolute atomic E-state index is 12.0. The normalized spacial score (nSPS) is 19.6. The highest BCUT2D eigenvalue weighted by Gasteiger charge is 2.30. The number of hydrogen-bond acceptors (Lipinski definition) is 3. The number of carboxylic acids is 1. The van der Waals surface area contributed by atoms with E-state index in [9.17, 15) is 9.59 Å². The van der Waals surface area contributed by atoms with Gasteiger partial charge in [-0.15, -0.1) is 0 Å². The predicted octanol–water partition coefficient (Wildman–Crippen LogP) is 1.28. The molecule has 1 unspecified atom stereocenters. The van der Waals surface area contributed by atoms with Crippen molar-refractivity contribution in [1.29, 1.82) is 0 Å². The SMILES string of the molecule is O=C(O)C1CCN(C(=O)NCCc2ccc3c(c2)CCO3)C1. The molecule has 1 fully saturated rings. The largest absolute Gasteiger partial charge is 0.493 e. The molecule has 1 aromatic rings. The molecule has 0 spiro atoms. The molecule has 2 aliphatic heterocycles. The van der Waals surface area contributed by atoms with Crippen LogP contribution in [0.2, 0.25) is 0 Å². The summed E-state index contributed by atoms with van der Waals surface area (Å²) in [6, 6.07) is 5.96. The third-order valence-corrected chi connectivity index (χ3v) is 4.27. The van der Waals surface area contributed by atoms with E-state index >= 15 is 0 Å². The van der Waals surface area contributed by atoms with E-state index in [0.29, 0.717) is 26.1 Å². The van der Waals surface area contributed by atoms with Crippen molar-refractivity contribution < 1.29 is 19.4 Å². The van der Waals surface area contributed by atoms with Crippen LogP contribution >= 0.6 is 0 Å². The maximum Gasteiger partial charge on any atom is 0.317 e. The average Bonchev–Trinajstić information content (AvgIpc) is 3.16. The zero-order chi connectivity index (χ0) is 15.5. The summed E-state index contributed by atoms with van der Waals surface area (Å²) in [5.41, 5.74) is 2.40. The van der Waals surface area contributed by atoms with Gasteiger partial charge in [-0.05, 0) is 30.0 Å². The molecular weight excluding hydrogens is 284 g/mol. The predicted molar refractivity (Wildman–Crippen MR) is 80.1 cm³/mol. The molecule has 0 aromatic heterocycles. The van der Waals surface area contributed by atoms with E-state index < -0.39 is 11.9 Å². The number of carboxylic acid groups (broad SMARTS) is 1. The second-order valence-electron chi connectivity index (χ2n) is 5.79. The molecule has 2 N–H and O–H groups in total. The Labute approximate surface area is 129 Å². The van der Waals surface area contributed by atoms with Crippen LogP contribution in [0.3, 0.4) is 0 Å². The van der Waals surface area contributed by atoms with Crippen molar-refractivity contribution in [3.05, 3.63) is 29.3 Å². The fourth-order valence-corrected chi connectivity index (χ4v) is 2.97. The van der Waals surface area contributed by atoms with E-state index in [1.807, 2.05) is 12.1 Å². The maximum atomic E-state index is 12.0. The number of amides is 2. The van der Waals surface area contributed by atoms with Crippen LogP contribution in [0.15, 0.2) is 18.2 Å². The number of benzene rings is 1. The Hall–Kier alpha value is -2.24. The minimum absolute atomic E-state index is 0.173. The smallest absolute Gasteiger partial charge is 0.317 e. The summed E-state index contributed by atoms with van der Waals surface area (Å²) in [4.78, 5) is 24.5. The molecule has 2 aliphatic rings. The Morgan fingerprint density at radius 1 is 1.41 bits per heavy atom. The van der Waals surface area contributed by atoms with Gasteiger partial charge in [0.1, 0.15) is 5.75 Å². The summed E-state index contributed by atoms with van der Waals surface area (Å²) >= 11 is 0. The van der Waals surface area contributed by atoms with Crippen molar-refractivity contribution >= 4 is 12.0 Å². The van der Waals surface area contributed by atoms with Gasteiger partial charge in [0.05, 0.1) is 12.5 Å². The van der Waals surface area contributed by atoms with Crippen molar-refractivity contribution in [3.63, 3.8) is 0 Å². The molecule has 0 saturated carbocycles. The van der Waals surface area contributed by atoms with Gasteiger partial charge in [0.15, 0.2) is 0 Å². The summed E-state index contributed by atoms with van der Waals surface area (Å²) in [6.07, 6.45) is 2.24. The molecule has 118 valence electrons. The van der Waals surface area contributed by atoms with Gasteiger partial charge in [-0.1, -0.05) is 12.1 Å². The molecule has 0 radical (unpaired) electrons. The summed E-state index contributed by atoms with van der Waals surface area (Å²) in [5, 5.41) is 11.8.